The Labute approximate surface area is 180 Å². The number of amides is 1. The van der Waals surface area contributed by atoms with Gasteiger partial charge < -0.3 is 10.2 Å². The van der Waals surface area contributed by atoms with Crippen LogP contribution in [0.15, 0.2) is 36.4 Å². The molecule has 4 rings (SSSR count). The smallest absolute Gasteiger partial charge is 0.253 e. The number of hydrogen-bond acceptors (Lipinski definition) is 3. The normalized spacial score (nSPS) is 18.7. The summed E-state index contributed by atoms with van der Waals surface area (Å²) in [6, 6.07) is 10.9. The molecule has 2 heterocycles. The van der Waals surface area contributed by atoms with Crippen LogP contribution in [0.2, 0.25) is 10.0 Å². The molecule has 29 heavy (non-hydrogen) atoms. The van der Waals surface area contributed by atoms with Gasteiger partial charge in [-0.25, -0.2) is 4.39 Å². The molecule has 1 saturated carbocycles. The number of nitrogens with zero attached hydrogens (tertiary/aromatic N) is 2. The Bertz CT molecular complexity index is 895. The number of hydrogen-bond donors (Lipinski definition) is 1. The van der Waals surface area contributed by atoms with Crippen molar-refractivity contribution in [2.24, 2.45) is 0 Å². The number of pyridine rings is 1. The lowest BCUT2D eigenvalue weighted by Crippen LogP contribution is -2.48. The van der Waals surface area contributed by atoms with Crippen LogP contribution in [0.25, 0.3) is 0 Å². The average molecular weight is 436 g/mol. The zero-order chi connectivity index (χ0) is 20.4. The topological polar surface area (TPSA) is 45.2 Å². The van der Waals surface area contributed by atoms with Crippen LogP contribution < -0.4 is 5.32 Å². The van der Waals surface area contributed by atoms with E-state index < -0.39 is 5.67 Å². The van der Waals surface area contributed by atoms with E-state index in [-0.39, 0.29) is 12.5 Å². The van der Waals surface area contributed by atoms with Gasteiger partial charge in [0.2, 0.25) is 0 Å². The van der Waals surface area contributed by atoms with Crippen LogP contribution >= 0.6 is 23.2 Å². The Kier molecular flexibility index (Phi) is 6.09. The van der Waals surface area contributed by atoms with Crippen molar-refractivity contribution in [3.63, 3.8) is 0 Å². The largest absolute Gasteiger partial charge is 0.338 e. The number of carbonyl (C=O) groups is 1. The minimum atomic E-state index is -1.32. The summed E-state index contributed by atoms with van der Waals surface area (Å²) in [5.74, 6) is 0.472. The molecule has 1 aliphatic carbocycles. The number of halogens is 3. The van der Waals surface area contributed by atoms with E-state index in [9.17, 15) is 4.79 Å². The standard InChI is InChI=1S/C22H24Cl2FN3O/c23-18-7-6-16(12-19(18)24)21(29)28-10-8-22(25,9-11-28)14-26-13-17-2-1-3-20(27-17)15-4-5-15/h1-3,6-7,12,15,26H,4-5,8-11,13-14H2. The number of piperidine rings is 1. The maximum Gasteiger partial charge on any atom is 0.253 e. The molecule has 154 valence electrons. The van der Waals surface area contributed by atoms with Gasteiger partial charge in [-0.3, -0.25) is 9.78 Å². The van der Waals surface area contributed by atoms with Crippen LogP contribution in [0, 0.1) is 0 Å². The van der Waals surface area contributed by atoms with Gasteiger partial charge in [-0.1, -0.05) is 29.3 Å². The number of likely N-dealkylation sites (tertiary alicyclic amines) is 1. The third-order valence-electron chi connectivity index (χ3n) is 5.69. The summed E-state index contributed by atoms with van der Waals surface area (Å²) in [7, 11) is 0. The molecule has 4 nitrogen and oxygen atoms in total. The van der Waals surface area contributed by atoms with Crippen molar-refractivity contribution in [1.29, 1.82) is 0 Å². The van der Waals surface area contributed by atoms with Gasteiger partial charge in [0.05, 0.1) is 15.7 Å². The Morgan fingerprint density at radius 2 is 1.93 bits per heavy atom. The molecule has 0 radical (unpaired) electrons. The minimum Gasteiger partial charge on any atom is -0.338 e. The van der Waals surface area contributed by atoms with E-state index in [4.69, 9.17) is 23.2 Å². The van der Waals surface area contributed by atoms with Crippen LogP contribution in [0.5, 0.6) is 0 Å². The third-order valence-corrected chi connectivity index (χ3v) is 6.42. The van der Waals surface area contributed by atoms with Gasteiger partial charge in [0.25, 0.3) is 5.91 Å². The number of benzene rings is 1. The number of carbonyl (C=O) groups excluding carboxylic acids is 1. The lowest BCUT2D eigenvalue weighted by atomic mass is 9.92. The average Bonchev–Trinajstić information content (AvgIpc) is 3.56. The van der Waals surface area contributed by atoms with Gasteiger partial charge in [-0.15, -0.1) is 0 Å². The zero-order valence-electron chi connectivity index (χ0n) is 16.1. The maximum atomic E-state index is 15.2. The van der Waals surface area contributed by atoms with Gasteiger partial charge in [0.15, 0.2) is 0 Å². The van der Waals surface area contributed by atoms with Crippen molar-refractivity contribution in [3.8, 4) is 0 Å². The highest BCUT2D eigenvalue weighted by molar-refractivity contribution is 6.42. The van der Waals surface area contributed by atoms with Crippen LogP contribution in [-0.4, -0.2) is 41.1 Å². The highest BCUT2D eigenvalue weighted by atomic mass is 35.5. The van der Waals surface area contributed by atoms with E-state index in [1.807, 2.05) is 12.1 Å². The van der Waals surface area contributed by atoms with Gasteiger partial charge in [0.1, 0.15) is 5.67 Å². The lowest BCUT2D eigenvalue weighted by Gasteiger charge is -2.36. The number of rotatable bonds is 6. The fourth-order valence-corrected chi connectivity index (χ4v) is 4.01. The van der Waals surface area contributed by atoms with E-state index in [0.717, 1.165) is 11.4 Å². The lowest BCUT2D eigenvalue weighted by molar-refractivity contribution is 0.0434. The molecule has 1 aromatic heterocycles. The molecule has 0 unspecified atom stereocenters. The quantitative estimate of drug-likeness (QED) is 0.693. The van der Waals surface area contributed by atoms with Crippen molar-refractivity contribution in [1.82, 2.24) is 15.2 Å². The van der Waals surface area contributed by atoms with E-state index in [1.54, 1.807) is 23.1 Å². The second-order valence-corrected chi connectivity index (χ2v) is 8.82. The predicted octanol–water partition coefficient (Wildman–Crippen LogP) is 5.00. The summed E-state index contributed by atoms with van der Waals surface area (Å²) >= 11 is 11.9. The molecule has 1 aromatic carbocycles. The number of nitrogens with one attached hydrogen (secondary N) is 1. The van der Waals surface area contributed by atoms with Crippen LogP contribution in [-0.2, 0) is 6.54 Å². The molecule has 2 aliphatic rings. The summed E-state index contributed by atoms with van der Waals surface area (Å²) < 4.78 is 15.2. The fraction of sp³-hybridized carbons (Fsp3) is 0.455. The second kappa shape index (κ2) is 8.58. The first kappa shape index (κ1) is 20.6. The highest BCUT2D eigenvalue weighted by Crippen LogP contribution is 2.38. The molecule has 0 atom stereocenters. The van der Waals surface area contributed by atoms with Crippen molar-refractivity contribution in [2.75, 3.05) is 19.6 Å². The molecule has 0 spiro atoms. The summed E-state index contributed by atoms with van der Waals surface area (Å²) in [4.78, 5) is 19.0. The minimum absolute atomic E-state index is 0.139. The molecule has 2 fully saturated rings. The molecular weight excluding hydrogens is 412 g/mol. The zero-order valence-corrected chi connectivity index (χ0v) is 17.6. The Morgan fingerprint density at radius 3 is 2.62 bits per heavy atom. The molecular formula is C22H24Cl2FN3O. The first-order chi connectivity index (χ1) is 13.9. The Morgan fingerprint density at radius 1 is 1.17 bits per heavy atom. The SMILES string of the molecule is O=C(c1ccc(Cl)c(Cl)c1)N1CCC(F)(CNCc2cccc(C3CC3)n2)CC1. The van der Waals surface area contributed by atoms with Gasteiger partial charge >= 0.3 is 0 Å². The van der Waals surface area contributed by atoms with Crippen LogP contribution in [0.1, 0.15) is 53.3 Å². The van der Waals surface area contributed by atoms with Crippen molar-refractivity contribution < 1.29 is 9.18 Å². The van der Waals surface area contributed by atoms with Crippen molar-refractivity contribution in [2.45, 2.75) is 43.8 Å². The maximum absolute atomic E-state index is 15.2. The number of aromatic nitrogens is 1. The fourth-order valence-electron chi connectivity index (χ4n) is 3.72. The Balaban J connectivity index is 1.27. The molecule has 1 amide bonds. The van der Waals surface area contributed by atoms with E-state index in [0.29, 0.717) is 54.0 Å². The summed E-state index contributed by atoms with van der Waals surface area (Å²) in [6.07, 6.45) is 3.05. The molecule has 2 aromatic rings. The van der Waals surface area contributed by atoms with E-state index in [2.05, 4.69) is 16.4 Å². The predicted molar refractivity (Wildman–Crippen MR) is 113 cm³/mol. The van der Waals surface area contributed by atoms with Gasteiger partial charge in [0, 0.05) is 56.2 Å². The molecule has 1 aliphatic heterocycles. The first-order valence-electron chi connectivity index (χ1n) is 10.0. The third kappa shape index (κ3) is 5.08. The van der Waals surface area contributed by atoms with Gasteiger partial charge in [-0.05, 0) is 43.2 Å². The van der Waals surface area contributed by atoms with Crippen molar-refractivity contribution in [3.05, 3.63) is 63.4 Å². The molecule has 1 saturated heterocycles. The summed E-state index contributed by atoms with van der Waals surface area (Å²) in [5.41, 5.74) is 1.26. The molecule has 1 N–H and O–H groups in total. The van der Waals surface area contributed by atoms with Crippen LogP contribution in [0.3, 0.4) is 0 Å². The second-order valence-electron chi connectivity index (χ2n) is 8.00. The van der Waals surface area contributed by atoms with E-state index >= 15 is 4.39 Å². The monoisotopic (exact) mass is 435 g/mol. The highest BCUT2D eigenvalue weighted by Gasteiger charge is 2.36. The first-order valence-corrected chi connectivity index (χ1v) is 10.8. The molecule has 7 heteroatoms. The summed E-state index contributed by atoms with van der Waals surface area (Å²) in [6.45, 7) is 1.58. The van der Waals surface area contributed by atoms with E-state index in [1.165, 1.54) is 12.8 Å². The Hall–Kier alpha value is -1.69. The van der Waals surface area contributed by atoms with Crippen molar-refractivity contribution >= 4 is 29.1 Å². The van der Waals surface area contributed by atoms with Crippen LogP contribution in [0.4, 0.5) is 4.39 Å². The number of alkyl halides is 1. The summed E-state index contributed by atoms with van der Waals surface area (Å²) in [5, 5.41) is 3.97. The van der Waals surface area contributed by atoms with Gasteiger partial charge in [-0.2, -0.15) is 0 Å². The molecule has 0 bridgehead atoms.